The van der Waals surface area contributed by atoms with Crippen LogP contribution in [0.5, 0.6) is 0 Å². The third-order valence-corrected chi connectivity index (χ3v) is 3.34. The van der Waals surface area contributed by atoms with Crippen molar-refractivity contribution >= 4 is 11.4 Å². The lowest BCUT2D eigenvalue weighted by Crippen LogP contribution is -2.47. The fourth-order valence-corrected chi connectivity index (χ4v) is 2.47. The molecule has 2 atom stereocenters. The zero-order chi connectivity index (χ0) is 15.6. The highest BCUT2D eigenvalue weighted by Crippen LogP contribution is 2.31. The second kappa shape index (κ2) is 6.31. The Kier molecular flexibility index (Phi) is 4.69. The highest BCUT2D eigenvalue weighted by molar-refractivity contribution is 5.54. The zero-order valence-electron chi connectivity index (χ0n) is 11.5. The fraction of sp³-hybridized carbons (Fsp3) is 0.538. The molecule has 21 heavy (non-hydrogen) atoms. The predicted octanol–water partition coefficient (Wildman–Crippen LogP) is 1.85. The van der Waals surface area contributed by atoms with Crippen molar-refractivity contribution in [2.45, 2.75) is 25.5 Å². The Morgan fingerprint density at radius 3 is 2.67 bits per heavy atom. The van der Waals surface area contributed by atoms with E-state index in [1.54, 1.807) is 6.92 Å². The number of nitro benzene ring substituents is 1. The van der Waals surface area contributed by atoms with Gasteiger partial charge in [-0.3, -0.25) is 10.1 Å². The van der Waals surface area contributed by atoms with Gasteiger partial charge in [-0.2, -0.15) is 0 Å². The summed E-state index contributed by atoms with van der Waals surface area (Å²) < 4.78 is 33.4. The van der Waals surface area contributed by atoms with Crippen LogP contribution >= 0.6 is 0 Å². The minimum atomic E-state index is -0.987. The van der Waals surface area contributed by atoms with Crippen molar-refractivity contribution in [3.63, 3.8) is 0 Å². The van der Waals surface area contributed by atoms with Gasteiger partial charge >= 0.3 is 0 Å². The van der Waals surface area contributed by atoms with E-state index in [4.69, 9.17) is 4.74 Å². The van der Waals surface area contributed by atoms with Crippen LogP contribution in [0.25, 0.3) is 0 Å². The first-order valence-corrected chi connectivity index (χ1v) is 6.56. The quantitative estimate of drug-likeness (QED) is 0.678. The number of hydrogen-bond acceptors (Lipinski definition) is 5. The normalized spacial score (nSPS) is 20.4. The Hall–Kier alpha value is -1.80. The monoisotopic (exact) mass is 302 g/mol. The van der Waals surface area contributed by atoms with Crippen LogP contribution in [0, 0.1) is 21.7 Å². The minimum absolute atomic E-state index is 0.237. The van der Waals surface area contributed by atoms with Crippen molar-refractivity contribution in [2.75, 3.05) is 24.7 Å². The predicted molar refractivity (Wildman–Crippen MR) is 71.3 cm³/mol. The Labute approximate surface area is 120 Å². The van der Waals surface area contributed by atoms with Crippen molar-refractivity contribution in [3.8, 4) is 0 Å². The lowest BCUT2D eigenvalue weighted by Gasteiger charge is -2.38. The first kappa shape index (κ1) is 15.6. The molecule has 1 heterocycles. The maximum atomic E-state index is 14.1. The lowest BCUT2D eigenvalue weighted by molar-refractivity contribution is -0.385. The van der Waals surface area contributed by atoms with E-state index in [1.165, 1.54) is 4.90 Å². The van der Waals surface area contributed by atoms with E-state index in [-0.39, 0.29) is 31.3 Å². The van der Waals surface area contributed by atoms with Gasteiger partial charge in [-0.25, -0.2) is 8.78 Å². The SMILES string of the molecule is CC(O)CC1COCCN1c1c(F)cc([N+](=O)[O-])cc1F. The van der Waals surface area contributed by atoms with E-state index in [0.717, 1.165) is 0 Å². The molecule has 2 rings (SSSR count). The molecule has 0 amide bonds. The van der Waals surface area contributed by atoms with E-state index in [9.17, 15) is 24.0 Å². The van der Waals surface area contributed by atoms with Crippen LogP contribution in [0.2, 0.25) is 0 Å². The summed E-state index contributed by atoms with van der Waals surface area (Å²) in [5.41, 5.74) is -0.941. The number of non-ortho nitro benzene ring substituents is 1. The highest BCUT2D eigenvalue weighted by Gasteiger charge is 2.30. The molecule has 1 fully saturated rings. The van der Waals surface area contributed by atoms with Crippen LogP contribution in [0.4, 0.5) is 20.2 Å². The smallest absolute Gasteiger partial charge is 0.275 e. The van der Waals surface area contributed by atoms with Crippen molar-refractivity contribution < 1.29 is 23.5 Å². The molecule has 0 bridgehead atoms. The van der Waals surface area contributed by atoms with Crippen LogP contribution in [0.1, 0.15) is 13.3 Å². The molecule has 1 aliphatic heterocycles. The van der Waals surface area contributed by atoms with Crippen LogP contribution in [-0.4, -0.2) is 41.9 Å². The first-order valence-electron chi connectivity index (χ1n) is 6.56. The average molecular weight is 302 g/mol. The largest absolute Gasteiger partial charge is 0.393 e. The minimum Gasteiger partial charge on any atom is -0.393 e. The van der Waals surface area contributed by atoms with Gasteiger partial charge in [0, 0.05) is 6.54 Å². The zero-order valence-corrected chi connectivity index (χ0v) is 11.5. The number of anilines is 1. The summed E-state index contributed by atoms with van der Waals surface area (Å²) in [6, 6.07) is 1.02. The Bertz CT molecular complexity index is 516. The maximum Gasteiger partial charge on any atom is 0.275 e. The number of halogens is 2. The molecule has 0 spiro atoms. The molecular formula is C13H16F2N2O4. The van der Waals surface area contributed by atoms with E-state index in [1.807, 2.05) is 0 Å². The van der Waals surface area contributed by atoms with Gasteiger partial charge in [0.25, 0.3) is 5.69 Å². The van der Waals surface area contributed by atoms with Crippen molar-refractivity contribution in [1.29, 1.82) is 0 Å². The van der Waals surface area contributed by atoms with Crippen LogP contribution < -0.4 is 4.90 Å². The standard InChI is InChI=1S/C13H16F2N2O4/c1-8(18)4-10-7-21-3-2-16(10)13-11(14)5-9(17(19)20)6-12(13)15/h5-6,8,10,18H,2-4,7H2,1H3. The molecule has 0 saturated carbocycles. The average Bonchev–Trinajstić information content (AvgIpc) is 2.39. The van der Waals surface area contributed by atoms with Crippen LogP contribution in [0.3, 0.4) is 0 Å². The number of hydrogen-bond donors (Lipinski definition) is 1. The molecule has 1 N–H and O–H groups in total. The number of ether oxygens (including phenoxy) is 1. The van der Waals surface area contributed by atoms with E-state index in [2.05, 4.69) is 0 Å². The van der Waals surface area contributed by atoms with E-state index in [0.29, 0.717) is 18.7 Å². The third-order valence-electron chi connectivity index (χ3n) is 3.34. The van der Waals surface area contributed by atoms with Crippen molar-refractivity contribution in [3.05, 3.63) is 33.9 Å². The molecular weight excluding hydrogens is 286 g/mol. The molecule has 1 aliphatic rings. The summed E-state index contributed by atoms with van der Waals surface area (Å²) in [7, 11) is 0. The van der Waals surface area contributed by atoms with E-state index < -0.39 is 28.3 Å². The van der Waals surface area contributed by atoms with Crippen LogP contribution in [-0.2, 0) is 4.74 Å². The second-order valence-corrected chi connectivity index (χ2v) is 5.02. The van der Waals surface area contributed by atoms with Gasteiger partial charge in [0.1, 0.15) is 5.69 Å². The number of nitro groups is 1. The van der Waals surface area contributed by atoms with Gasteiger partial charge in [0.15, 0.2) is 11.6 Å². The molecule has 6 nitrogen and oxygen atoms in total. The summed E-state index contributed by atoms with van der Waals surface area (Å²) >= 11 is 0. The molecule has 0 radical (unpaired) electrons. The number of nitrogens with zero attached hydrogens (tertiary/aromatic N) is 2. The first-order chi connectivity index (χ1) is 9.90. The number of benzene rings is 1. The fourth-order valence-electron chi connectivity index (χ4n) is 2.47. The molecule has 1 saturated heterocycles. The topological polar surface area (TPSA) is 75.8 Å². The molecule has 0 aliphatic carbocycles. The molecule has 116 valence electrons. The van der Waals surface area contributed by atoms with Gasteiger partial charge in [0.2, 0.25) is 0 Å². The van der Waals surface area contributed by atoms with Gasteiger partial charge < -0.3 is 14.7 Å². The summed E-state index contributed by atoms with van der Waals surface area (Å²) in [4.78, 5) is 11.2. The Balaban J connectivity index is 2.36. The molecule has 8 heteroatoms. The number of morpholine rings is 1. The third kappa shape index (κ3) is 3.45. The summed E-state index contributed by atoms with van der Waals surface area (Å²) in [6.45, 7) is 2.37. The summed E-state index contributed by atoms with van der Waals surface area (Å²) in [5, 5.41) is 20.1. The van der Waals surface area contributed by atoms with Gasteiger partial charge in [0.05, 0.1) is 42.4 Å². The Morgan fingerprint density at radius 1 is 1.52 bits per heavy atom. The van der Waals surface area contributed by atoms with Crippen molar-refractivity contribution in [2.24, 2.45) is 0 Å². The summed E-state index contributed by atoms with van der Waals surface area (Å²) in [6.07, 6.45) is -0.362. The number of aliphatic hydroxyl groups excluding tert-OH is 1. The molecule has 2 unspecified atom stereocenters. The number of rotatable bonds is 4. The lowest BCUT2D eigenvalue weighted by atomic mass is 10.1. The van der Waals surface area contributed by atoms with Crippen LogP contribution in [0.15, 0.2) is 12.1 Å². The molecule has 0 aromatic heterocycles. The maximum absolute atomic E-state index is 14.1. The van der Waals surface area contributed by atoms with Gasteiger partial charge in [-0.05, 0) is 13.3 Å². The van der Waals surface area contributed by atoms with Gasteiger partial charge in [-0.1, -0.05) is 0 Å². The van der Waals surface area contributed by atoms with E-state index >= 15 is 0 Å². The van der Waals surface area contributed by atoms with Gasteiger partial charge in [-0.15, -0.1) is 0 Å². The summed E-state index contributed by atoms with van der Waals surface area (Å²) in [5.74, 6) is -1.97. The Morgan fingerprint density at radius 2 is 2.14 bits per heavy atom. The second-order valence-electron chi connectivity index (χ2n) is 5.02. The number of aliphatic hydroxyl groups is 1. The molecule has 1 aromatic carbocycles. The van der Waals surface area contributed by atoms with Crippen molar-refractivity contribution in [1.82, 2.24) is 0 Å². The highest BCUT2D eigenvalue weighted by atomic mass is 19.1. The molecule has 1 aromatic rings.